The molecule has 2 heterocycles. The van der Waals surface area contributed by atoms with Gasteiger partial charge < -0.3 is 5.73 Å². The van der Waals surface area contributed by atoms with Crippen molar-refractivity contribution in [3.63, 3.8) is 0 Å². The van der Waals surface area contributed by atoms with Crippen molar-refractivity contribution in [3.8, 4) is 33.8 Å². The molecule has 0 amide bonds. The van der Waals surface area contributed by atoms with E-state index in [4.69, 9.17) is 20.8 Å². The zero-order chi connectivity index (χ0) is 22.4. The molecule has 1 fully saturated rings. The van der Waals surface area contributed by atoms with Crippen LogP contribution in [-0.4, -0.2) is 19.6 Å². The number of aryl methyl sites for hydroxylation is 1. The van der Waals surface area contributed by atoms with Crippen LogP contribution in [0.5, 0.6) is 0 Å². The smallest absolute Gasteiger partial charge is 0.253 e. The molecule has 5 aromatic rings. The molecule has 0 aliphatic heterocycles. The highest BCUT2D eigenvalue weighted by Crippen LogP contribution is 2.39. The SMILES string of the molecule is Cc1ccc(-c2nc3nc(-c4ccc(C5(N)CCC5)cc4)c(-c4ccccc4)cn3n2)cc1. The Morgan fingerprint density at radius 3 is 2.15 bits per heavy atom. The minimum atomic E-state index is -0.173. The molecule has 162 valence electrons. The molecule has 1 aliphatic rings. The maximum atomic E-state index is 6.54. The standard InChI is InChI=1S/C28H25N5/c1-19-8-10-22(11-9-19)26-31-27-30-25(21-12-14-23(15-13-21)28(29)16-5-17-28)24(18-33(27)32-26)20-6-3-2-4-7-20/h2-4,6-15,18H,5,16-17,29H2,1H3. The average molecular weight is 432 g/mol. The molecule has 0 spiro atoms. The lowest BCUT2D eigenvalue weighted by Crippen LogP contribution is -2.43. The summed E-state index contributed by atoms with van der Waals surface area (Å²) in [6.07, 6.45) is 5.33. The van der Waals surface area contributed by atoms with Crippen LogP contribution in [0, 0.1) is 6.92 Å². The third kappa shape index (κ3) is 3.51. The molecule has 0 bridgehead atoms. The number of fused-ring (bicyclic) bond motifs is 1. The second-order valence-corrected chi connectivity index (χ2v) is 9.00. The Hall–Kier alpha value is -3.83. The van der Waals surface area contributed by atoms with E-state index < -0.39 is 0 Å². The third-order valence-electron chi connectivity index (χ3n) is 6.71. The van der Waals surface area contributed by atoms with E-state index in [0.29, 0.717) is 11.6 Å². The van der Waals surface area contributed by atoms with Crippen molar-refractivity contribution < 1.29 is 0 Å². The van der Waals surface area contributed by atoms with Crippen molar-refractivity contribution in [2.75, 3.05) is 0 Å². The van der Waals surface area contributed by atoms with Gasteiger partial charge >= 0.3 is 0 Å². The fraction of sp³-hybridized carbons (Fsp3) is 0.179. The molecule has 2 N–H and O–H groups in total. The number of rotatable bonds is 4. The molecule has 0 atom stereocenters. The first-order valence-electron chi connectivity index (χ1n) is 11.4. The Morgan fingerprint density at radius 1 is 0.788 bits per heavy atom. The van der Waals surface area contributed by atoms with Crippen molar-refractivity contribution in [1.29, 1.82) is 0 Å². The van der Waals surface area contributed by atoms with Crippen molar-refractivity contribution in [1.82, 2.24) is 19.6 Å². The summed E-state index contributed by atoms with van der Waals surface area (Å²) in [6.45, 7) is 2.07. The van der Waals surface area contributed by atoms with Gasteiger partial charge in [0.15, 0.2) is 5.82 Å². The van der Waals surface area contributed by atoms with E-state index in [0.717, 1.165) is 40.8 Å². The molecular weight excluding hydrogens is 406 g/mol. The Labute approximate surface area is 193 Å². The van der Waals surface area contributed by atoms with Gasteiger partial charge in [0.2, 0.25) is 0 Å². The van der Waals surface area contributed by atoms with E-state index in [2.05, 4.69) is 55.5 Å². The molecule has 6 rings (SSSR count). The fourth-order valence-corrected chi connectivity index (χ4v) is 4.50. The second-order valence-electron chi connectivity index (χ2n) is 9.00. The largest absolute Gasteiger partial charge is 0.321 e. The molecule has 5 heteroatoms. The van der Waals surface area contributed by atoms with Crippen LogP contribution in [0.3, 0.4) is 0 Å². The maximum absolute atomic E-state index is 6.54. The molecule has 1 saturated carbocycles. The van der Waals surface area contributed by atoms with Crippen LogP contribution in [0.4, 0.5) is 0 Å². The first-order valence-corrected chi connectivity index (χ1v) is 11.4. The first-order chi connectivity index (χ1) is 16.1. The molecule has 0 saturated heterocycles. The van der Waals surface area contributed by atoms with Crippen LogP contribution in [0.25, 0.3) is 39.5 Å². The van der Waals surface area contributed by atoms with Crippen molar-refractivity contribution in [3.05, 3.63) is 96.2 Å². The van der Waals surface area contributed by atoms with Gasteiger partial charge in [-0.15, -0.1) is 5.10 Å². The van der Waals surface area contributed by atoms with Crippen LogP contribution >= 0.6 is 0 Å². The van der Waals surface area contributed by atoms with E-state index in [9.17, 15) is 0 Å². The van der Waals surface area contributed by atoms with Gasteiger partial charge in [-0.25, -0.2) is 9.50 Å². The summed E-state index contributed by atoms with van der Waals surface area (Å²) in [6, 6.07) is 27.1. The summed E-state index contributed by atoms with van der Waals surface area (Å²) >= 11 is 0. The summed E-state index contributed by atoms with van der Waals surface area (Å²) in [5.74, 6) is 1.25. The molecule has 0 unspecified atom stereocenters. The number of benzene rings is 3. The maximum Gasteiger partial charge on any atom is 0.253 e. The van der Waals surface area contributed by atoms with E-state index in [1.807, 2.05) is 36.5 Å². The lowest BCUT2D eigenvalue weighted by molar-refractivity contribution is 0.253. The van der Waals surface area contributed by atoms with Crippen LogP contribution in [0.2, 0.25) is 0 Å². The summed E-state index contributed by atoms with van der Waals surface area (Å²) in [4.78, 5) is 9.70. The zero-order valence-electron chi connectivity index (χ0n) is 18.6. The van der Waals surface area contributed by atoms with Gasteiger partial charge in [0.1, 0.15) is 0 Å². The Morgan fingerprint density at radius 2 is 1.48 bits per heavy atom. The van der Waals surface area contributed by atoms with Crippen LogP contribution < -0.4 is 5.73 Å². The third-order valence-corrected chi connectivity index (χ3v) is 6.71. The number of hydrogen-bond donors (Lipinski definition) is 1. The lowest BCUT2D eigenvalue weighted by atomic mass is 9.72. The van der Waals surface area contributed by atoms with Crippen molar-refractivity contribution >= 4 is 5.78 Å². The minimum Gasteiger partial charge on any atom is -0.321 e. The van der Waals surface area contributed by atoms with Gasteiger partial charge in [0, 0.05) is 28.4 Å². The summed E-state index contributed by atoms with van der Waals surface area (Å²) in [5, 5.41) is 4.73. The van der Waals surface area contributed by atoms with E-state index in [1.165, 1.54) is 17.5 Å². The van der Waals surface area contributed by atoms with Crippen molar-refractivity contribution in [2.24, 2.45) is 5.73 Å². The highest BCUT2D eigenvalue weighted by molar-refractivity contribution is 5.81. The Bertz CT molecular complexity index is 1430. The van der Waals surface area contributed by atoms with E-state index in [1.54, 1.807) is 4.52 Å². The van der Waals surface area contributed by atoms with Crippen molar-refractivity contribution in [2.45, 2.75) is 31.7 Å². The topological polar surface area (TPSA) is 69.1 Å². The molecule has 5 nitrogen and oxygen atoms in total. The molecule has 33 heavy (non-hydrogen) atoms. The predicted octanol–water partition coefficient (Wildman–Crippen LogP) is 5.77. The minimum absolute atomic E-state index is 0.173. The Kier molecular flexibility index (Phi) is 4.59. The summed E-state index contributed by atoms with van der Waals surface area (Å²) in [7, 11) is 0. The summed E-state index contributed by atoms with van der Waals surface area (Å²) < 4.78 is 1.78. The van der Waals surface area contributed by atoms with Gasteiger partial charge in [-0.05, 0) is 37.3 Å². The van der Waals surface area contributed by atoms with Gasteiger partial charge in [0.05, 0.1) is 5.69 Å². The van der Waals surface area contributed by atoms with Gasteiger partial charge in [-0.1, -0.05) is 84.4 Å². The van der Waals surface area contributed by atoms with Gasteiger partial charge in [-0.2, -0.15) is 4.98 Å². The van der Waals surface area contributed by atoms with Gasteiger partial charge in [-0.3, -0.25) is 0 Å². The lowest BCUT2D eigenvalue weighted by Gasteiger charge is -2.38. The summed E-state index contributed by atoms with van der Waals surface area (Å²) in [5.41, 5.74) is 13.8. The average Bonchev–Trinajstić information content (AvgIpc) is 3.26. The first kappa shape index (κ1) is 19.8. The molecule has 0 radical (unpaired) electrons. The van der Waals surface area contributed by atoms with Crippen LogP contribution in [0.15, 0.2) is 85.1 Å². The zero-order valence-corrected chi connectivity index (χ0v) is 18.6. The second kappa shape index (κ2) is 7.64. The van der Waals surface area contributed by atoms with E-state index in [-0.39, 0.29) is 5.54 Å². The van der Waals surface area contributed by atoms with Gasteiger partial charge in [0.25, 0.3) is 5.78 Å². The number of aromatic nitrogens is 4. The highest BCUT2D eigenvalue weighted by Gasteiger charge is 2.34. The molecule has 1 aliphatic carbocycles. The fourth-order valence-electron chi connectivity index (χ4n) is 4.50. The normalized spacial score (nSPS) is 14.8. The Balaban J connectivity index is 1.49. The monoisotopic (exact) mass is 431 g/mol. The quantitative estimate of drug-likeness (QED) is 0.392. The van der Waals surface area contributed by atoms with Crippen LogP contribution in [0.1, 0.15) is 30.4 Å². The number of hydrogen-bond acceptors (Lipinski definition) is 4. The molecule has 2 aromatic heterocycles. The number of nitrogens with two attached hydrogens (primary N) is 1. The number of nitrogens with zero attached hydrogens (tertiary/aromatic N) is 4. The predicted molar refractivity (Wildman–Crippen MR) is 132 cm³/mol. The van der Waals surface area contributed by atoms with E-state index >= 15 is 0 Å². The highest BCUT2D eigenvalue weighted by atomic mass is 15.3. The van der Waals surface area contributed by atoms with Crippen LogP contribution in [-0.2, 0) is 5.54 Å². The molecular formula is C28H25N5. The molecule has 3 aromatic carbocycles.